The van der Waals surface area contributed by atoms with E-state index in [1.807, 2.05) is 0 Å². The molecule has 0 radical (unpaired) electrons. The molecule has 0 aromatic heterocycles. The first-order chi connectivity index (χ1) is 9.66. The van der Waals surface area contributed by atoms with Crippen molar-refractivity contribution in [2.24, 2.45) is 0 Å². The Kier molecular flexibility index (Phi) is 5.48. The molecule has 0 aliphatic heterocycles. The summed E-state index contributed by atoms with van der Waals surface area (Å²) < 4.78 is 0.755. The van der Waals surface area contributed by atoms with Crippen molar-refractivity contribution >= 4 is 33.7 Å². The van der Waals surface area contributed by atoms with Gasteiger partial charge < -0.3 is 15.3 Å². The molecule has 1 rings (SSSR count). The van der Waals surface area contributed by atoms with Crippen LogP contribution in [0.3, 0.4) is 0 Å². The lowest BCUT2D eigenvalue weighted by Crippen LogP contribution is -2.53. The number of halogens is 1. The van der Waals surface area contributed by atoms with Crippen LogP contribution in [0.15, 0.2) is 28.7 Å². The van der Waals surface area contributed by atoms with Gasteiger partial charge in [-0.1, -0.05) is 22.0 Å². The first-order valence-electron chi connectivity index (χ1n) is 6.20. The third-order valence-electron chi connectivity index (χ3n) is 3.22. The number of aliphatic carboxylic acids is 1. The van der Waals surface area contributed by atoms with Gasteiger partial charge in [-0.3, -0.25) is 9.59 Å². The van der Waals surface area contributed by atoms with E-state index in [1.165, 1.54) is 20.9 Å². The molecule has 6 nitrogen and oxygen atoms in total. The van der Waals surface area contributed by atoms with Crippen molar-refractivity contribution in [3.8, 4) is 0 Å². The summed E-state index contributed by atoms with van der Waals surface area (Å²) in [6.07, 6.45) is 0. The van der Waals surface area contributed by atoms with Gasteiger partial charge in [0, 0.05) is 17.1 Å². The second-order valence-electron chi connectivity index (χ2n) is 5.01. The Morgan fingerprint density at radius 1 is 1.33 bits per heavy atom. The number of amides is 2. The van der Waals surface area contributed by atoms with Crippen LogP contribution in [0.4, 0.5) is 0 Å². The number of carbonyl (C=O) groups excluding carboxylic acids is 2. The lowest BCUT2D eigenvalue weighted by atomic mass is 10.0. The van der Waals surface area contributed by atoms with Crippen molar-refractivity contribution in [3.05, 3.63) is 34.3 Å². The Morgan fingerprint density at radius 3 is 2.48 bits per heavy atom. The van der Waals surface area contributed by atoms with Crippen molar-refractivity contribution in [3.63, 3.8) is 0 Å². The summed E-state index contributed by atoms with van der Waals surface area (Å²) in [5.41, 5.74) is -0.922. The second kappa shape index (κ2) is 6.71. The largest absolute Gasteiger partial charge is 0.480 e. The number of likely N-dealkylation sites (N-methyl/N-ethyl adjacent to an activating group) is 1. The molecule has 0 saturated heterocycles. The molecule has 0 heterocycles. The zero-order valence-electron chi connectivity index (χ0n) is 12.0. The Bertz CT molecular complexity index is 572. The minimum Gasteiger partial charge on any atom is -0.480 e. The standard InChI is InChI=1S/C14H17BrN2O4/c1-14(2,13(20)21)17(3)11(18)8-16-12(19)9-5-4-6-10(15)7-9/h4-7H,8H2,1-3H3,(H,16,19)(H,20,21). The minimum atomic E-state index is -1.34. The summed E-state index contributed by atoms with van der Waals surface area (Å²) >= 11 is 3.26. The fourth-order valence-electron chi connectivity index (χ4n) is 1.46. The third-order valence-corrected chi connectivity index (χ3v) is 3.72. The SMILES string of the molecule is CN(C(=O)CNC(=O)c1cccc(Br)c1)C(C)(C)C(=O)O. The maximum Gasteiger partial charge on any atom is 0.329 e. The van der Waals surface area contributed by atoms with Crippen LogP contribution in [-0.2, 0) is 9.59 Å². The Labute approximate surface area is 131 Å². The van der Waals surface area contributed by atoms with Gasteiger partial charge in [0.25, 0.3) is 5.91 Å². The molecule has 7 heteroatoms. The van der Waals surface area contributed by atoms with E-state index in [1.54, 1.807) is 24.3 Å². The smallest absolute Gasteiger partial charge is 0.329 e. The molecular weight excluding hydrogens is 340 g/mol. The van der Waals surface area contributed by atoms with E-state index in [-0.39, 0.29) is 6.54 Å². The number of nitrogens with zero attached hydrogens (tertiary/aromatic N) is 1. The molecule has 2 N–H and O–H groups in total. The summed E-state index contributed by atoms with van der Waals surface area (Å²) in [5, 5.41) is 11.5. The maximum absolute atomic E-state index is 11.9. The van der Waals surface area contributed by atoms with Crippen LogP contribution in [0.1, 0.15) is 24.2 Å². The van der Waals surface area contributed by atoms with Crippen LogP contribution in [0.2, 0.25) is 0 Å². The van der Waals surface area contributed by atoms with Gasteiger partial charge >= 0.3 is 5.97 Å². The number of hydrogen-bond acceptors (Lipinski definition) is 3. The highest BCUT2D eigenvalue weighted by atomic mass is 79.9. The summed E-state index contributed by atoms with van der Waals surface area (Å²) in [7, 11) is 1.39. The van der Waals surface area contributed by atoms with Gasteiger partial charge in [0.15, 0.2) is 0 Å². The van der Waals surface area contributed by atoms with E-state index in [0.29, 0.717) is 5.56 Å². The molecular formula is C14H17BrN2O4. The first kappa shape index (κ1) is 17.2. The third kappa shape index (κ3) is 4.29. The number of carbonyl (C=O) groups is 3. The molecule has 0 saturated carbocycles. The van der Waals surface area contributed by atoms with Crippen LogP contribution in [0.5, 0.6) is 0 Å². The highest BCUT2D eigenvalue weighted by Gasteiger charge is 2.35. The summed E-state index contributed by atoms with van der Waals surface area (Å²) in [5.74, 6) is -1.99. The number of nitrogens with one attached hydrogen (secondary N) is 1. The van der Waals surface area contributed by atoms with Crippen LogP contribution in [0, 0.1) is 0 Å². The number of rotatable bonds is 5. The molecule has 114 valence electrons. The van der Waals surface area contributed by atoms with Crippen molar-refractivity contribution in [2.75, 3.05) is 13.6 Å². The van der Waals surface area contributed by atoms with Crippen molar-refractivity contribution in [1.29, 1.82) is 0 Å². The van der Waals surface area contributed by atoms with E-state index >= 15 is 0 Å². The van der Waals surface area contributed by atoms with Crippen LogP contribution in [0.25, 0.3) is 0 Å². The van der Waals surface area contributed by atoms with Gasteiger partial charge in [0.2, 0.25) is 5.91 Å². The minimum absolute atomic E-state index is 0.265. The second-order valence-corrected chi connectivity index (χ2v) is 5.93. The highest BCUT2D eigenvalue weighted by molar-refractivity contribution is 9.10. The van der Waals surface area contributed by atoms with E-state index < -0.39 is 23.3 Å². The lowest BCUT2D eigenvalue weighted by molar-refractivity contribution is -0.154. The first-order valence-corrected chi connectivity index (χ1v) is 6.99. The number of benzene rings is 1. The molecule has 0 fully saturated rings. The van der Waals surface area contributed by atoms with E-state index in [2.05, 4.69) is 21.2 Å². The highest BCUT2D eigenvalue weighted by Crippen LogP contribution is 2.13. The Balaban J connectivity index is 2.65. The molecule has 0 aliphatic rings. The van der Waals surface area contributed by atoms with Gasteiger partial charge in [0.05, 0.1) is 6.54 Å². The van der Waals surface area contributed by atoms with Crippen LogP contribution in [-0.4, -0.2) is 46.9 Å². The molecule has 1 aromatic carbocycles. The average molecular weight is 357 g/mol. The van der Waals surface area contributed by atoms with Crippen molar-refractivity contribution in [1.82, 2.24) is 10.2 Å². The summed E-state index contributed by atoms with van der Waals surface area (Å²) in [6.45, 7) is 2.57. The van der Waals surface area contributed by atoms with Gasteiger partial charge in [-0.15, -0.1) is 0 Å². The molecule has 0 spiro atoms. The van der Waals surface area contributed by atoms with E-state index in [0.717, 1.165) is 9.37 Å². The van der Waals surface area contributed by atoms with Crippen LogP contribution >= 0.6 is 15.9 Å². The predicted octanol–water partition coefficient (Wildman–Crippen LogP) is 1.50. The zero-order valence-corrected chi connectivity index (χ0v) is 13.6. The predicted molar refractivity (Wildman–Crippen MR) is 81.0 cm³/mol. The Morgan fingerprint density at radius 2 is 1.95 bits per heavy atom. The zero-order chi connectivity index (χ0) is 16.2. The Hall–Kier alpha value is -1.89. The van der Waals surface area contributed by atoms with Crippen molar-refractivity contribution in [2.45, 2.75) is 19.4 Å². The molecule has 0 bridgehead atoms. The number of carboxylic acid groups (broad SMARTS) is 1. The normalized spacial score (nSPS) is 10.9. The lowest BCUT2D eigenvalue weighted by Gasteiger charge is -2.31. The monoisotopic (exact) mass is 356 g/mol. The molecule has 1 aromatic rings. The quantitative estimate of drug-likeness (QED) is 0.836. The number of hydrogen-bond donors (Lipinski definition) is 2. The topological polar surface area (TPSA) is 86.7 Å². The fraction of sp³-hybridized carbons (Fsp3) is 0.357. The van der Waals surface area contributed by atoms with Gasteiger partial charge in [0.1, 0.15) is 5.54 Å². The van der Waals surface area contributed by atoms with Crippen LogP contribution < -0.4 is 5.32 Å². The molecule has 0 unspecified atom stereocenters. The molecule has 21 heavy (non-hydrogen) atoms. The van der Waals surface area contributed by atoms with Gasteiger partial charge in [-0.25, -0.2) is 4.79 Å². The fourth-order valence-corrected chi connectivity index (χ4v) is 1.86. The molecule has 0 aliphatic carbocycles. The van der Waals surface area contributed by atoms with Gasteiger partial charge in [-0.05, 0) is 32.0 Å². The summed E-state index contributed by atoms with van der Waals surface area (Å²) in [6, 6.07) is 6.74. The number of carboxylic acids is 1. The van der Waals surface area contributed by atoms with E-state index in [9.17, 15) is 14.4 Å². The molecule has 2 amide bonds. The van der Waals surface area contributed by atoms with E-state index in [4.69, 9.17) is 5.11 Å². The average Bonchev–Trinajstić information content (AvgIpc) is 2.43. The van der Waals surface area contributed by atoms with Gasteiger partial charge in [-0.2, -0.15) is 0 Å². The summed E-state index contributed by atoms with van der Waals surface area (Å²) in [4.78, 5) is 36.0. The molecule has 0 atom stereocenters. The van der Waals surface area contributed by atoms with Crippen molar-refractivity contribution < 1.29 is 19.5 Å². The maximum atomic E-state index is 11.9.